The average molecular weight is 327 g/mol. The Morgan fingerprint density at radius 1 is 1.57 bits per heavy atom. The lowest BCUT2D eigenvalue weighted by Gasteiger charge is -2.09. The summed E-state index contributed by atoms with van der Waals surface area (Å²) in [5.74, 6) is 0.437. The predicted octanol–water partition coefficient (Wildman–Crippen LogP) is 2.43. The third-order valence-electron chi connectivity index (χ3n) is 2.61. The summed E-state index contributed by atoms with van der Waals surface area (Å²) >= 11 is 2.79. The number of ether oxygens (including phenoxy) is 1. The van der Waals surface area contributed by atoms with E-state index in [4.69, 9.17) is 9.15 Å². The molecule has 0 aromatic carbocycles. The first-order chi connectivity index (χ1) is 10.2. The van der Waals surface area contributed by atoms with E-state index in [1.807, 2.05) is 24.4 Å². The van der Waals surface area contributed by atoms with Crippen LogP contribution in [0.2, 0.25) is 0 Å². The van der Waals surface area contributed by atoms with Crippen LogP contribution in [-0.4, -0.2) is 41.6 Å². The van der Waals surface area contributed by atoms with Gasteiger partial charge in [0.25, 0.3) is 11.1 Å². The lowest BCUT2D eigenvalue weighted by atomic mass is 10.4. The van der Waals surface area contributed by atoms with Gasteiger partial charge in [-0.05, 0) is 24.8 Å². The molecule has 0 aliphatic carbocycles. The zero-order chi connectivity index (χ0) is 15.1. The van der Waals surface area contributed by atoms with E-state index < -0.39 is 0 Å². The molecule has 0 bridgehead atoms. The molecule has 2 aromatic rings. The second-order valence-electron chi connectivity index (χ2n) is 4.25. The minimum absolute atomic E-state index is 0.0491. The standard InChI is InChI=1S/C13H17N3O3S2/c1-9(11(17)14-6-4-7-18-2)21-13-16-15-12(19-13)10-5-3-8-20-10/h3,5,8-9H,4,6-7H2,1-2H3,(H,14,17). The molecule has 2 heterocycles. The summed E-state index contributed by atoms with van der Waals surface area (Å²) in [4.78, 5) is 12.8. The first-order valence-corrected chi connectivity index (χ1v) is 8.27. The third kappa shape index (κ3) is 4.83. The first kappa shape index (κ1) is 16.0. The van der Waals surface area contributed by atoms with E-state index >= 15 is 0 Å². The van der Waals surface area contributed by atoms with Crippen LogP contribution in [0.4, 0.5) is 0 Å². The number of thiophene rings is 1. The van der Waals surface area contributed by atoms with Gasteiger partial charge >= 0.3 is 0 Å². The SMILES string of the molecule is COCCCNC(=O)C(C)Sc1nnc(-c2cccs2)o1. The monoisotopic (exact) mass is 327 g/mol. The summed E-state index contributed by atoms with van der Waals surface area (Å²) in [6.45, 7) is 3.04. The van der Waals surface area contributed by atoms with Crippen LogP contribution in [0.15, 0.2) is 27.2 Å². The van der Waals surface area contributed by atoms with Gasteiger partial charge in [0, 0.05) is 20.3 Å². The van der Waals surface area contributed by atoms with Gasteiger partial charge in [0.15, 0.2) is 0 Å². The Kier molecular flexibility index (Phi) is 6.21. The van der Waals surface area contributed by atoms with Crippen LogP contribution >= 0.6 is 23.1 Å². The van der Waals surface area contributed by atoms with Gasteiger partial charge in [-0.1, -0.05) is 17.8 Å². The fourth-order valence-electron chi connectivity index (χ4n) is 1.53. The topological polar surface area (TPSA) is 77.2 Å². The normalized spacial score (nSPS) is 12.3. The molecular formula is C13H17N3O3S2. The average Bonchev–Trinajstić information content (AvgIpc) is 3.13. The van der Waals surface area contributed by atoms with Crippen molar-refractivity contribution in [3.63, 3.8) is 0 Å². The molecule has 0 saturated heterocycles. The molecule has 1 unspecified atom stereocenters. The van der Waals surface area contributed by atoms with Gasteiger partial charge in [0.1, 0.15) is 0 Å². The van der Waals surface area contributed by atoms with E-state index in [0.717, 1.165) is 11.3 Å². The lowest BCUT2D eigenvalue weighted by molar-refractivity contribution is -0.120. The number of methoxy groups -OCH3 is 1. The molecule has 0 spiro atoms. The Morgan fingerprint density at radius 3 is 3.14 bits per heavy atom. The van der Waals surface area contributed by atoms with Gasteiger partial charge in [-0.15, -0.1) is 21.5 Å². The largest absolute Gasteiger partial charge is 0.410 e. The Labute approximate surface area is 131 Å². The van der Waals surface area contributed by atoms with E-state index in [1.165, 1.54) is 23.1 Å². The highest BCUT2D eigenvalue weighted by molar-refractivity contribution is 8.00. The Hall–Kier alpha value is -1.38. The van der Waals surface area contributed by atoms with Crippen molar-refractivity contribution < 1.29 is 13.9 Å². The molecule has 0 saturated carbocycles. The van der Waals surface area contributed by atoms with Crippen molar-refractivity contribution in [3.05, 3.63) is 17.5 Å². The van der Waals surface area contributed by atoms with E-state index in [0.29, 0.717) is 24.3 Å². The number of rotatable bonds is 8. The van der Waals surface area contributed by atoms with Crippen LogP contribution in [0.25, 0.3) is 10.8 Å². The molecule has 1 atom stereocenters. The van der Waals surface area contributed by atoms with Crippen LogP contribution in [0.1, 0.15) is 13.3 Å². The van der Waals surface area contributed by atoms with Crippen molar-refractivity contribution in [2.75, 3.05) is 20.3 Å². The molecule has 6 nitrogen and oxygen atoms in total. The number of amides is 1. The van der Waals surface area contributed by atoms with E-state index in [-0.39, 0.29) is 11.2 Å². The maximum atomic E-state index is 11.9. The molecule has 1 amide bonds. The van der Waals surface area contributed by atoms with Crippen LogP contribution in [-0.2, 0) is 9.53 Å². The van der Waals surface area contributed by atoms with Crippen LogP contribution in [0, 0.1) is 0 Å². The highest BCUT2D eigenvalue weighted by atomic mass is 32.2. The molecule has 0 aliphatic heterocycles. The van der Waals surface area contributed by atoms with Crippen molar-refractivity contribution in [1.29, 1.82) is 0 Å². The summed E-state index contributed by atoms with van der Waals surface area (Å²) in [5, 5.41) is 12.8. The number of hydrogen-bond acceptors (Lipinski definition) is 7. The van der Waals surface area contributed by atoms with Crippen LogP contribution in [0.3, 0.4) is 0 Å². The van der Waals surface area contributed by atoms with Crippen molar-refractivity contribution in [2.45, 2.75) is 23.8 Å². The van der Waals surface area contributed by atoms with Gasteiger partial charge in [-0.25, -0.2) is 0 Å². The van der Waals surface area contributed by atoms with Crippen molar-refractivity contribution in [1.82, 2.24) is 15.5 Å². The van der Waals surface area contributed by atoms with Crippen LogP contribution in [0.5, 0.6) is 0 Å². The maximum absolute atomic E-state index is 11.9. The number of nitrogens with zero attached hydrogens (tertiary/aromatic N) is 2. The minimum Gasteiger partial charge on any atom is -0.410 e. The maximum Gasteiger partial charge on any atom is 0.277 e. The fraction of sp³-hybridized carbons (Fsp3) is 0.462. The Morgan fingerprint density at radius 2 is 2.43 bits per heavy atom. The smallest absolute Gasteiger partial charge is 0.277 e. The molecular weight excluding hydrogens is 310 g/mol. The summed E-state index contributed by atoms with van der Waals surface area (Å²) < 4.78 is 10.5. The molecule has 2 rings (SSSR count). The third-order valence-corrected chi connectivity index (χ3v) is 4.40. The number of hydrogen-bond donors (Lipinski definition) is 1. The Balaban J connectivity index is 1.82. The number of aromatic nitrogens is 2. The van der Waals surface area contributed by atoms with E-state index in [2.05, 4.69) is 15.5 Å². The van der Waals surface area contributed by atoms with Gasteiger partial charge in [-0.2, -0.15) is 0 Å². The highest BCUT2D eigenvalue weighted by Crippen LogP contribution is 2.28. The Bertz CT molecular complexity index is 557. The van der Waals surface area contributed by atoms with Crippen molar-refractivity contribution >= 4 is 29.0 Å². The number of nitrogens with one attached hydrogen (secondary N) is 1. The highest BCUT2D eigenvalue weighted by Gasteiger charge is 2.18. The molecule has 2 aromatic heterocycles. The summed E-state index contributed by atoms with van der Waals surface area (Å²) in [6, 6.07) is 3.84. The molecule has 114 valence electrons. The number of thioether (sulfide) groups is 1. The molecule has 1 N–H and O–H groups in total. The van der Waals surface area contributed by atoms with Gasteiger partial charge in [-0.3, -0.25) is 4.79 Å². The summed E-state index contributed by atoms with van der Waals surface area (Å²) in [6.07, 6.45) is 0.794. The second kappa shape index (κ2) is 8.16. The zero-order valence-electron chi connectivity index (χ0n) is 11.9. The van der Waals surface area contributed by atoms with E-state index in [1.54, 1.807) is 7.11 Å². The molecule has 0 fully saturated rings. The van der Waals surface area contributed by atoms with Gasteiger partial charge < -0.3 is 14.5 Å². The number of carbonyl (C=O) groups is 1. The molecule has 0 aliphatic rings. The van der Waals surface area contributed by atoms with Crippen LogP contribution < -0.4 is 5.32 Å². The van der Waals surface area contributed by atoms with Gasteiger partial charge in [0.05, 0.1) is 10.1 Å². The summed E-state index contributed by atoms with van der Waals surface area (Å²) in [7, 11) is 1.64. The first-order valence-electron chi connectivity index (χ1n) is 6.51. The fourth-order valence-corrected chi connectivity index (χ4v) is 2.89. The molecule has 21 heavy (non-hydrogen) atoms. The predicted molar refractivity (Wildman–Crippen MR) is 82.4 cm³/mol. The van der Waals surface area contributed by atoms with Gasteiger partial charge in [0.2, 0.25) is 5.91 Å². The zero-order valence-corrected chi connectivity index (χ0v) is 13.5. The molecule has 8 heteroatoms. The minimum atomic E-state index is -0.288. The van der Waals surface area contributed by atoms with E-state index in [9.17, 15) is 4.79 Å². The lowest BCUT2D eigenvalue weighted by Crippen LogP contribution is -2.32. The van der Waals surface area contributed by atoms with Crippen molar-refractivity contribution in [2.24, 2.45) is 0 Å². The second-order valence-corrected chi connectivity index (χ2v) is 6.49. The molecule has 0 radical (unpaired) electrons. The van der Waals surface area contributed by atoms with Crippen molar-refractivity contribution in [3.8, 4) is 10.8 Å². The summed E-state index contributed by atoms with van der Waals surface area (Å²) in [5.41, 5.74) is 0. The quantitative estimate of drug-likeness (QED) is 0.593. The number of carbonyl (C=O) groups excluding carboxylic acids is 1.